The number of fused-ring (bicyclic) bond motifs is 1. The van der Waals surface area contributed by atoms with E-state index in [4.69, 9.17) is 13.7 Å². The molecule has 3 rings (SSSR count). The molecule has 0 spiro atoms. The molecule has 0 aromatic heterocycles. The normalized spacial score (nSPS) is 37.4. The third-order valence-corrected chi connectivity index (χ3v) is 8.41. The van der Waals surface area contributed by atoms with Gasteiger partial charge in [-0.2, -0.15) is 8.42 Å². The fraction of sp³-hybridized carbons (Fsp3) is 0.889. The summed E-state index contributed by atoms with van der Waals surface area (Å²) < 4.78 is 40.5. The van der Waals surface area contributed by atoms with E-state index in [9.17, 15) is 18.0 Å². The molecule has 2 aliphatic carbocycles. The van der Waals surface area contributed by atoms with Gasteiger partial charge in [-0.3, -0.25) is 8.98 Å². The lowest BCUT2D eigenvalue weighted by Gasteiger charge is -2.28. The Hall–Kier alpha value is -1.15. The van der Waals surface area contributed by atoms with Gasteiger partial charge in [0.2, 0.25) is 0 Å². The van der Waals surface area contributed by atoms with Crippen LogP contribution in [0.15, 0.2) is 0 Å². The second-order valence-corrected chi connectivity index (χ2v) is 10.8. The highest BCUT2D eigenvalue weighted by molar-refractivity contribution is 7.87. The number of carbonyl (C=O) groups is 2. The quantitative estimate of drug-likeness (QED) is 0.525. The fourth-order valence-corrected chi connectivity index (χ4v) is 6.57. The Kier molecular flexibility index (Phi) is 4.47. The molecule has 2 saturated carbocycles. The van der Waals surface area contributed by atoms with Gasteiger partial charge >= 0.3 is 11.9 Å². The van der Waals surface area contributed by atoms with Crippen molar-refractivity contribution in [1.29, 1.82) is 0 Å². The lowest BCUT2D eigenvalue weighted by atomic mass is 9.81. The molecule has 0 N–H and O–H groups in total. The Balaban J connectivity index is 1.70. The molecule has 148 valence electrons. The van der Waals surface area contributed by atoms with Crippen molar-refractivity contribution < 1.29 is 31.7 Å². The van der Waals surface area contributed by atoms with Crippen LogP contribution in [0.1, 0.15) is 54.4 Å². The van der Waals surface area contributed by atoms with Gasteiger partial charge in [0.05, 0.1) is 10.7 Å². The van der Waals surface area contributed by atoms with Gasteiger partial charge in [0.1, 0.15) is 12.2 Å². The minimum Gasteiger partial charge on any atom is -0.456 e. The van der Waals surface area contributed by atoms with Crippen LogP contribution in [0, 0.1) is 22.7 Å². The average molecular weight is 388 g/mol. The second-order valence-electron chi connectivity index (χ2n) is 8.97. The highest BCUT2D eigenvalue weighted by Crippen LogP contribution is 2.64. The van der Waals surface area contributed by atoms with Crippen molar-refractivity contribution in [3.8, 4) is 0 Å². The number of ether oxygens (including phenoxy) is 2. The molecule has 1 aliphatic heterocycles. The van der Waals surface area contributed by atoms with Crippen molar-refractivity contribution in [2.24, 2.45) is 22.7 Å². The van der Waals surface area contributed by atoms with Gasteiger partial charge in [-0.1, -0.05) is 20.8 Å². The molecule has 6 atom stereocenters. The summed E-state index contributed by atoms with van der Waals surface area (Å²) in [4.78, 5) is 24.6. The smallest absolute Gasteiger partial charge is 0.347 e. The summed E-state index contributed by atoms with van der Waals surface area (Å²) in [5, 5.41) is -0.511. The van der Waals surface area contributed by atoms with Crippen LogP contribution < -0.4 is 0 Å². The van der Waals surface area contributed by atoms with Crippen molar-refractivity contribution in [1.82, 2.24) is 0 Å². The summed E-state index contributed by atoms with van der Waals surface area (Å²) >= 11 is 0. The Bertz CT molecular complexity index is 724. The molecule has 6 unspecified atom stereocenters. The molecule has 3 fully saturated rings. The van der Waals surface area contributed by atoms with Crippen LogP contribution in [-0.4, -0.2) is 43.9 Å². The summed E-state index contributed by atoms with van der Waals surface area (Å²) in [6.45, 7) is 10.9. The van der Waals surface area contributed by atoms with E-state index in [0.29, 0.717) is 12.8 Å². The maximum absolute atomic E-state index is 12.5. The maximum Gasteiger partial charge on any atom is 0.347 e. The average Bonchev–Trinajstić information content (AvgIpc) is 3.00. The summed E-state index contributed by atoms with van der Waals surface area (Å²) in [6, 6.07) is 0. The summed E-state index contributed by atoms with van der Waals surface area (Å²) in [7, 11) is -3.61. The van der Waals surface area contributed by atoms with Gasteiger partial charge < -0.3 is 9.47 Å². The topological polar surface area (TPSA) is 96.0 Å². The molecule has 8 heteroatoms. The first-order valence-corrected chi connectivity index (χ1v) is 10.6. The number of hydrogen-bond acceptors (Lipinski definition) is 7. The molecule has 26 heavy (non-hydrogen) atoms. The number of carbonyl (C=O) groups excluding carboxylic acids is 2. The Labute approximate surface area is 154 Å². The second kappa shape index (κ2) is 5.92. The minimum absolute atomic E-state index is 0.0845. The van der Waals surface area contributed by atoms with Crippen molar-refractivity contribution >= 4 is 22.1 Å². The number of rotatable bonds is 5. The molecule has 1 saturated heterocycles. The van der Waals surface area contributed by atoms with E-state index in [1.807, 2.05) is 20.8 Å². The molecule has 0 radical (unpaired) electrons. The van der Waals surface area contributed by atoms with E-state index < -0.39 is 51.0 Å². The van der Waals surface area contributed by atoms with Crippen LogP contribution in [0.4, 0.5) is 0 Å². The first-order valence-electron chi connectivity index (χ1n) is 9.16. The van der Waals surface area contributed by atoms with E-state index in [2.05, 4.69) is 0 Å². The molecular weight excluding hydrogens is 360 g/mol. The van der Waals surface area contributed by atoms with Crippen molar-refractivity contribution in [3.63, 3.8) is 0 Å². The Morgan fingerprint density at radius 2 is 1.92 bits per heavy atom. The predicted octanol–water partition coefficient (Wildman–Crippen LogP) is 2.04. The van der Waals surface area contributed by atoms with E-state index in [0.717, 1.165) is 0 Å². The largest absolute Gasteiger partial charge is 0.456 e. The van der Waals surface area contributed by atoms with Crippen molar-refractivity contribution in [2.45, 2.75) is 77.9 Å². The van der Waals surface area contributed by atoms with Crippen LogP contribution in [-0.2, 0) is 33.4 Å². The fourth-order valence-electron chi connectivity index (χ4n) is 4.58. The standard InChI is InChI=1S/C18H28O7S/c1-7-17(3,4)16(20)23-9(2)15(19)24-13-10-8-11-12(18(10,5)6)14(13)25-26(11,21)22/h9-14H,7-8H2,1-6H3. The van der Waals surface area contributed by atoms with Gasteiger partial charge in [-0.25, -0.2) is 4.79 Å². The predicted molar refractivity (Wildman–Crippen MR) is 92.5 cm³/mol. The molecule has 0 aromatic carbocycles. The van der Waals surface area contributed by atoms with Gasteiger partial charge in [-0.05, 0) is 39.0 Å². The Morgan fingerprint density at radius 1 is 1.31 bits per heavy atom. The third-order valence-electron chi connectivity index (χ3n) is 6.70. The van der Waals surface area contributed by atoms with Gasteiger partial charge in [0, 0.05) is 11.8 Å². The molecule has 0 amide bonds. The van der Waals surface area contributed by atoms with Crippen LogP contribution in [0.5, 0.6) is 0 Å². The monoisotopic (exact) mass is 388 g/mol. The van der Waals surface area contributed by atoms with E-state index >= 15 is 0 Å². The zero-order chi connectivity index (χ0) is 19.7. The maximum atomic E-state index is 12.5. The molecule has 2 bridgehead atoms. The minimum atomic E-state index is -3.61. The van der Waals surface area contributed by atoms with Crippen LogP contribution in [0.2, 0.25) is 0 Å². The third kappa shape index (κ3) is 2.76. The molecular formula is C18H28O7S. The van der Waals surface area contributed by atoms with Crippen LogP contribution in [0.25, 0.3) is 0 Å². The van der Waals surface area contributed by atoms with E-state index in [-0.39, 0.29) is 17.3 Å². The van der Waals surface area contributed by atoms with Crippen molar-refractivity contribution in [2.75, 3.05) is 0 Å². The SMILES string of the molecule is CCC(C)(C)C(=O)OC(C)C(=O)OC1C2OS(=O)(=O)C3CC1C(C)(C)C23. The zero-order valence-corrected chi connectivity index (χ0v) is 17.0. The van der Waals surface area contributed by atoms with E-state index in [1.54, 1.807) is 13.8 Å². The van der Waals surface area contributed by atoms with Gasteiger partial charge in [0.15, 0.2) is 6.10 Å². The van der Waals surface area contributed by atoms with Crippen LogP contribution >= 0.6 is 0 Å². The lowest BCUT2D eigenvalue weighted by Crippen LogP contribution is -2.41. The summed E-state index contributed by atoms with van der Waals surface area (Å²) in [6.07, 6.45) is -1.30. The lowest BCUT2D eigenvalue weighted by molar-refractivity contribution is -0.179. The van der Waals surface area contributed by atoms with Crippen molar-refractivity contribution in [3.05, 3.63) is 0 Å². The number of hydrogen-bond donors (Lipinski definition) is 0. The summed E-state index contributed by atoms with van der Waals surface area (Å²) in [5.41, 5.74) is -0.965. The zero-order valence-electron chi connectivity index (χ0n) is 16.1. The van der Waals surface area contributed by atoms with Gasteiger partial charge in [0.25, 0.3) is 10.1 Å². The summed E-state index contributed by atoms with van der Waals surface area (Å²) in [5.74, 6) is -1.38. The molecule has 3 aliphatic rings. The number of esters is 2. The Morgan fingerprint density at radius 3 is 2.50 bits per heavy atom. The van der Waals surface area contributed by atoms with E-state index in [1.165, 1.54) is 6.92 Å². The first kappa shape index (κ1) is 19.6. The molecule has 0 aromatic rings. The highest BCUT2D eigenvalue weighted by Gasteiger charge is 2.73. The first-order chi connectivity index (χ1) is 11.8. The van der Waals surface area contributed by atoms with Crippen LogP contribution in [0.3, 0.4) is 0 Å². The van der Waals surface area contributed by atoms with Gasteiger partial charge in [-0.15, -0.1) is 0 Å². The molecule has 7 nitrogen and oxygen atoms in total. The highest BCUT2D eigenvalue weighted by atomic mass is 32.2. The molecule has 1 heterocycles.